The van der Waals surface area contributed by atoms with Gasteiger partial charge in [0.15, 0.2) is 0 Å². The van der Waals surface area contributed by atoms with Gasteiger partial charge in [-0.05, 0) is 30.5 Å². The predicted octanol–water partition coefficient (Wildman–Crippen LogP) is 2.76. The van der Waals surface area contributed by atoms with Gasteiger partial charge in [0.1, 0.15) is 0 Å². The van der Waals surface area contributed by atoms with Gasteiger partial charge in [-0.25, -0.2) is 0 Å². The van der Waals surface area contributed by atoms with Gasteiger partial charge in [0.05, 0.1) is 0 Å². The van der Waals surface area contributed by atoms with Gasteiger partial charge in [-0.1, -0.05) is 25.5 Å². The molecule has 0 radical (unpaired) electrons. The summed E-state index contributed by atoms with van der Waals surface area (Å²) in [6, 6.07) is 8.19. The summed E-state index contributed by atoms with van der Waals surface area (Å²) in [5.41, 5.74) is 7.64. The number of carbonyl (C=O) groups is 1. The molecule has 0 unspecified atom stereocenters. The minimum Gasteiger partial charge on any atom is -0.330 e. The van der Waals surface area contributed by atoms with E-state index in [9.17, 15) is 4.79 Å². The second-order valence-corrected chi connectivity index (χ2v) is 4.26. The highest BCUT2D eigenvalue weighted by Crippen LogP contribution is 2.15. The number of carbonyl (C=O) groups excluding carboxylic acids is 1. The molecule has 1 aromatic rings. The summed E-state index contributed by atoms with van der Waals surface area (Å²) in [4.78, 5) is 13.3. The zero-order valence-corrected chi connectivity index (χ0v) is 12.0. The lowest BCUT2D eigenvalue weighted by Gasteiger charge is -2.17. The van der Waals surface area contributed by atoms with E-state index < -0.39 is 0 Å². The Bertz CT molecular complexity index is 351. The van der Waals surface area contributed by atoms with Crippen molar-refractivity contribution in [1.29, 1.82) is 0 Å². The molecule has 2 N–H and O–H groups in total. The topological polar surface area (TPSA) is 46.3 Å². The number of hydrogen-bond acceptors (Lipinski definition) is 2. The van der Waals surface area contributed by atoms with Crippen LogP contribution in [0.1, 0.15) is 31.7 Å². The lowest BCUT2D eigenvalue weighted by atomic mass is 10.1. The van der Waals surface area contributed by atoms with E-state index >= 15 is 0 Å². The molecule has 0 heterocycles. The smallest absolute Gasteiger partial charge is 0.227 e. The summed E-state index contributed by atoms with van der Waals surface area (Å²) in [6.07, 6.45) is 3.92. The maximum absolute atomic E-state index is 11.6. The Morgan fingerprint density at radius 2 is 1.89 bits per heavy atom. The number of nitrogens with zero attached hydrogens (tertiary/aromatic N) is 1. The third-order valence-electron chi connectivity index (χ3n) is 2.87. The molecule has 1 amide bonds. The van der Waals surface area contributed by atoms with E-state index in [-0.39, 0.29) is 18.3 Å². The normalized spacial score (nSPS) is 9.72. The first kappa shape index (κ1) is 16.9. The third-order valence-corrected chi connectivity index (χ3v) is 2.87. The van der Waals surface area contributed by atoms with Crippen LogP contribution in [0.4, 0.5) is 5.69 Å². The van der Waals surface area contributed by atoms with Crippen LogP contribution in [0.25, 0.3) is 0 Å². The van der Waals surface area contributed by atoms with E-state index in [0.717, 1.165) is 12.1 Å². The quantitative estimate of drug-likeness (QED) is 0.864. The third kappa shape index (κ3) is 5.07. The van der Waals surface area contributed by atoms with E-state index in [2.05, 4.69) is 19.1 Å². The van der Waals surface area contributed by atoms with Crippen LogP contribution in [0.15, 0.2) is 24.3 Å². The predicted molar refractivity (Wildman–Crippen MR) is 79.4 cm³/mol. The highest BCUT2D eigenvalue weighted by atomic mass is 35.5. The van der Waals surface area contributed by atoms with Crippen LogP contribution in [0, 0.1) is 0 Å². The number of amides is 1. The number of halogens is 1. The standard InChI is InChI=1S/C14H22N2O.ClH/c1-3-4-5-12-6-8-13(9-7-12)16(2)14(17)10-11-15;/h6-9H,3-5,10-11,15H2,1-2H3;1H. The van der Waals surface area contributed by atoms with Crippen molar-refractivity contribution in [2.24, 2.45) is 5.73 Å². The van der Waals surface area contributed by atoms with Crippen LogP contribution < -0.4 is 10.6 Å². The van der Waals surface area contributed by atoms with Gasteiger partial charge in [-0.3, -0.25) is 4.79 Å². The maximum atomic E-state index is 11.6. The number of benzene rings is 1. The summed E-state index contributed by atoms with van der Waals surface area (Å²) in [5, 5.41) is 0. The summed E-state index contributed by atoms with van der Waals surface area (Å²) < 4.78 is 0. The van der Waals surface area contributed by atoms with Gasteiger partial charge in [0.2, 0.25) is 5.91 Å². The van der Waals surface area contributed by atoms with E-state index in [1.54, 1.807) is 11.9 Å². The lowest BCUT2D eigenvalue weighted by Crippen LogP contribution is -2.28. The molecule has 0 aliphatic heterocycles. The Morgan fingerprint density at radius 1 is 1.28 bits per heavy atom. The Hall–Kier alpha value is -1.06. The molecular weight excluding hydrogens is 248 g/mol. The molecule has 0 atom stereocenters. The molecule has 3 nitrogen and oxygen atoms in total. The van der Waals surface area contributed by atoms with Gasteiger partial charge in [-0.2, -0.15) is 0 Å². The molecular formula is C14H23ClN2O. The van der Waals surface area contributed by atoms with Crippen molar-refractivity contribution in [3.63, 3.8) is 0 Å². The first-order valence-corrected chi connectivity index (χ1v) is 6.24. The molecule has 1 aromatic carbocycles. The number of hydrogen-bond donors (Lipinski definition) is 1. The number of rotatable bonds is 6. The Labute approximate surface area is 116 Å². The lowest BCUT2D eigenvalue weighted by molar-refractivity contribution is -0.118. The van der Waals surface area contributed by atoms with Gasteiger partial charge < -0.3 is 10.6 Å². The largest absolute Gasteiger partial charge is 0.330 e. The van der Waals surface area contributed by atoms with Crippen molar-refractivity contribution in [3.05, 3.63) is 29.8 Å². The molecule has 18 heavy (non-hydrogen) atoms. The van der Waals surface area contributed by atoms with Gasteiger partial charge in [0.25, 0.3) is 0 Å². The van der Waals surface area contributed by atoms with Crippen LogP contribution in [0.2, 0.25) is 0 Å². The van der Waals surface area contributed by atoms with Crippen molar-refractivity contribution in [3.8, 4) is 0 Å². The number of aryl methyl sites for hydroxylation is 1. The minimum absolute atomic E-state index is 0. The zero-order chi connectivity index (χ0) is 12.7. The molecule has 0 aromatic heterocycles. The van der Waals surface area contributed by atoms with Crippen molar-refractivity contribution >= 4 is 24.0 Å². The van der Waals surface area contributed by atoms with Gasteiger partial charge in [0, 0.05) is 25.7 Å². The minimum atomic E-state index is 0. The summed E-state index contributed by atoms with van der Waals surface area (Å²) in [5.74, 6) is 0.0637. The molecule has 1 rings (SSSR count). The van der Waals surface area contributed by atoms with Gasteiger partial charge in [-0.15, -0.1) is 12.4 Å². The van der Waals surface area contributed by atoms with E-state index in [1.807, 2.05) is 12.1 Å². The van der Waals surface area contributed by atoms with Crippen molar-refractivity contribution < 1.29 is 4.79 Å². The molecule has 0 saturated carbocycles. The molecule has 0 aliphatic rings. The molecule has 0 saturated heterocycles. The molecule has 0 bridgehead atoms. The second kappa shape index (κ2) is 8.95. The average Bonchev–Trinajstić information content (AvgIpc) is 2.36. The Balaban J connectivity index is 0.00000289. The first-order valence-electron chi connectivity index (χ1n) is 6.24. The number of unbranched alkanes of at least 4 members (excludes halogenated alkanes) is 1. The highest BCUT2D eigenvalue weighted by Gasteiger charge is 2.09. The Kier molecular flexibility index (Phi) is 8.42. The van der Waals surface area contributed by atoms with Crippen molar-refractivity contribution in [1.82, 2.24) is 0 Å². The van der Waals surface area contributed by atoms with Crippen molar-refractivity contribution in [2.75, 3.05) is 18.5 Å². The first-order chi connectivity index (χ1) is 8.19. The summed E-state index contributed by atoms with van der Waals surface area (Å²) >= 11 is 0. The van der Waals surface area contributed by atoms with Crippen LogP contribution in [0.5, 0.6) is 0 Å². The van der Waals surface area contributed by atoms with Gasteiger partial charge >= 0.3 is 0 Å². The van der Waals surface area contributed by atoms with Crippen molar-refractivity contribution in [2.45, 2.75) is 32.6 Å². The van der Waals surface area contributed by atoms with Crippen LogP contribution in [-0.4, -0.2) is 19.5 Å². The molecule has 0 aliphatic carbocycles. The SMILES string of the molecule is CCCCc1ccc(N(C)C(=O)CCN)cc1.Cl. The molecule has 0 fully saturated rings. The second-order valence-electron chi connectivity index (χ2n) is 4.26. The molecule has 0 spiro atoms. The molecule has 4 heteroatoms. The van der Waals surface area contributed by atoms with Crippen LogP contribution in [-0.2, 0) is 11.2 Å². The fourth-order valence-electron chi connectivity index (χ4n) is 1.70. The van der Waals surface area contributed by atoms with Crippen LogP contribution >= 0.6 is 12.4 Å². The monoisotopic (exact) mass is 270 g/mol. The number of anilines is 1. The molecule has 102 valence electrons. The summed E-state index contributed by atoms with van der Waals surface area (Å²) in [7, 11) is 1.79. The van der Waals surface area contributed by atoms with E-state index in [4.69, 9.17) is 5.73 Å². The fourth-order valence-corrected chi connectivity index (χ4v) is 1.70. The van der Waals surface area contributed by atoms with E-state index in [1.165, 1.54) is 18.4 Å². The zero-order valence-electron chi connectivity index (χ0n) is 11.2. The van der Waals surface area contributed by atoms with E-state index in [0.29, 0.717) is 13.0 Å². The average molecular weight is 271 g/mol. The number of nitrogens with two attached hydrogens (primary N) is 1. The Morgan fingerprint density at radius 3 is 2.39 bits per heavy atom. The highest BCUT2D eigenvalue weighted by molar-refractivity contribution is 5.92. The van der Waals surface area contributed by atoms with Crippen LogP contribution in [0.3, 0.4) is 0 Å². The summed E-state index contributed by atoms with van der Waals surface area (Å²) in [6.45, 7) is 2.59. The maximum Gasteiger partial charge on any atom is 0.227 e. The fraction of sp³-hybridized carbons (Fsp3) is 0.500.